The first-order valence-corrected chi connectivity index (χ1v) is 9.07. The summed E-state index contributed by atoms with van der Waals surface area (Å²) in [5, 5.41) is 11.5. The lowest BCUT2D eigenvalue weighted by molar-refractivity contribution is -0.132. The van der Waals surface area contributed by atoms with Gasteiger partial charge in [0.25, 0.3) is 0 Å². The van der Waals surface area contributed by atoms with Gasteiger partial charge < -0.3 is 14.2 Å². The molecule has 0 aliphatic rings. The number of H-pyrrole nitrogens is 1. The standard InChI is InChI=1S/C20H20N4O4S/c1-12-5-7-15(8-6-12)19-22-23-20(29)24(19)21-11-14-9-16(26-3)18(28-13(2)25)17(10-14)27-4/h5-11H,1-4H3,(H,23,29)/b21-11-. The third-order valence-corrected chi connectivity index (χ3v) is 4.28. The Morgan fingerprint density at radius 3 is 2.34 bits per heavy atom. The number of rotatable bonds is 6. The first-order valence-electron chi connectivity index (χ1n) is 8.66. The van der Waals surface area contributed by atoms with E-state index in [4.69, 9.17) is 26.4 Å². The fourth-order valence-electron chi connectivity index (χ4n) is 2.63. The molecule has 3 aromatic rings. The van der Waals surface area contributed by atoms with Crippen LogP contribution in [0.25, 0.3) is 11.4 Å². The summed E-state index contributed by atoms with van der Waals surface area (Å²) in [5.74, 6) is 1.00. The summed E-state index contributed by atoms with van der Waals surface area (Å²) in [6, 6.07) is 11.2. The van der Waals surface area contributed by atoms with Gasteiger partial charge in [0.05, 0.1) is 20.4 Å². The van der Waals surface area contributed by atoms with E-state index < -0.39 is 5.97 Å². The van der Waals surface area contributed by atoms with Gasteiger partial charge in [-0.05, 0) is 31.3 Å². The van der Waals surface area contributed by atoms with E-state index in [1.165, 1.54) is 25.8 Å². The first-order chi connectivity index (χ1) is 13.9. The maximum Gasteiger partial charge on any atom is 0.308 e. The Hall–Kier alpha value is -3.46. The van der Waals surface area contributed by atoms with Crippen LogP contribution in [-0.4, -0.2) is 41.3 Å². The Balaban J connectivity index is 2.00. The molecule has 8 nitrogen and oxygen atoms in total. The zero-order valence-corrected chi connectivity index (χ0v) is 17.2. The predicted octanol–water partition coefficient (Wildman–Crippen LogP) is 3.74. The van der Waals surface area contributed by atoms with Crippen LogP contribution in [-0.2, 0) is 4.79 Å². The van der Waals surface area contributed by atoms with Gasteiger partial charge in [0, 0.05) is 18.1 Å². The third kappa shape index (κ3) is 4.52. The van der Waals surface area contributed by atoms with Crippen molar-refractivity contribution in [3.05, 3.63) is 52.3 Å². The molecule has 0 radical (unpaired) electrons. The van der Waals surface area contributed by atoms with Gasteiger partial charge in [-0.2, -0.15) is 14.9 Å². The van der Waals surface area contributed by atoms with Gasteiger partial charge in [-0.3, -0.25) is 4.79 Å². The SMILES string of the molecule is COc1cc(/C=N\n2c(-c3ccc(C)cc3)n[nH]c2=S)cc(OC)c1OC(C)=O. The van der Waals surface area contributed by atoms with Gasteiger partial charge in [0.1, 0.15) is 0 Å². The zero-order chi connectivity index (χ0) is 21.0. The highest BCUT2D eigenvalue weighted by atomic mass is 32.1. The molecule has 1 N–H and O–H groups in total. The second-order valence-electron chi connectivity index (χ2n) is 6.12. The van der Waals surface area contributed by atoms with Crippen LogP contribution in [0.2, 0.25) is 0 Å². The molecule has 2 aromatic carbocycles. The van der Waals surface area contributed by atoms with Crippen molar-refractivity contribution in [3.63, 3.8) is 0 Å². The van der Waals surface area contributed by atoms with E-state index in [0.717, 1.165) is 11.1 Å². The van der Waals surface area contributed by atoms with Gasteiger partial charge in [-0.1, -0.05) is 29.8 Å². The zero-order valence-electron chi connectivity index (χ0n) is 16.4. The summed E-state index contributed by atoms with van der Waals surface area (Å²) in [5.41, 5.74) is 2.68. The molecule has 0 unspecified atom stereocenters. The largest absolute Gasteiger partial charge is 0.493 e. The van der Waals surface area contributed by atoms with Crippen molar-refractivity contribution in [2.24, 2.45) is 5.10 Å². The molecule has 0 aliphatic heterocycles. The minimum absolute atomic E-state index is 0.208. The first kappa shape index (κ1) is 20.3. The lowest BCUT2D eigenvalue weighted by Gasteiger charge is -2.13. The van der Waals surface area contributed by atoms with Crippen LogP contribution in [0.1, 0.15) is 18.1 Å². The van der Waals surface area contributed by atoms with Crippen molar-refractivity contribution in [3.8, 4) is 28.6 Å². The Labute approximate surface area is 172 Å². The number of nitrogens with zero attached hydrogens (tertiary/aromatic N) is 3. The molecule has 0 bridgehead atoms. The normalized spacial score (nSPS) is 10.9. The number of ether oxygens (including phenoxy) is 3. The molecule has 1 heterocycles. The maximum atomic E-state index is 11.4. The number of nitrogens with one attached hydrogen (secondary N) is 1. The molecule has 0 amide bonds. The molecule has 150 valence electrons. The minimum atomic E-state index is -0.476. The molecule has 0 fully saturated rings. The molecule has 3 rings (SSSR count). The lowest BCUT2D eigenvalue weighted by atomic mass is 10.1. The average Bonchev–Trinajstić information content (AvgIpc) is 3.07. The van der Waals surface area contributed by atoms with E-state index in [1.54, 1.807) is 18.3 Å². The van der Waals surface area contributed by atoms with Crippen LogP contribution in [0.4, 0.5) is 0 Å². The van der Waals surface area contributed by atoms with Gasteiger partial charge in [0.15, 0.2) is 17.3 Å². The number of carbonyl (C=O) groups excluding carboxylic acids is 1. The molecule has 0 aliphatic carbocycles. The van der Waals surface area contributed by atoms with Gasteiger partial charge >= 0.3 is 5.97 Å². The van der Waals surface area contributed by atoms with Crippen molar-refractivity contribution in [2.45, 2.75) is 13.8 Å². The number of methoxy groups -OCH3 is 2. The lowest BCUT2D eigenvalue weighted by Crippen LogP contribution is -2.05. The summed E-state index contributed by atoms with van der Waals surface area (Å²) in [7, 11) is 2.95. The second-order valence-corrected chi connectivity index (χ2v) is 6.51. The topological polar surface area (TPSA) is 90.7 Å². The molecule has 0 saturated carbocycles. The Morgan fingerprint density at radius 1 is 1.17 bits per heavy atom. The smallest absolute Gasteiger partial charge is 0.308 e. The molecule has 0 atom stereocenters. The number of aryl methyl sites for hydroxylation is 1. The fraction of sp³-hybridized carbons (Fsp3) is 0.200. The van der Waals surface area contributed by atoms with Crippen LogP contribution in [0, 0.1) is 11.7 Å². The van der Waals surface area contributed by atoms with Crippen molar-refractivity contribution in [1.82, 2.24) is 14.9 Å². The van der Waals surface area contributed by atoms with Crippen molar-refractivity contribution >= 4 is 24.4 Å². The van der Waals surface area contributed by atoms with Crippen LogP contribution in [0.5, 0.6) is 17.2 Å². The second kappa shape index (κ2) is 8.70. The highest BCUT2D eigenvalue weighted by molar-refractivity contribution is 7.71. The minimum Gasteiger partial charge on any atom is -0.493 e. The summed E-state index contributed by atoms with van der Waals surface area (Å²) in [6.45, 7) is 3.32. The Bertz CT molecular complexity index is 1090. The number of aromatic nitrogens is 3. The van der Waals surface area contributed by atoms with Crippen LogP contribution in [0.3, 0.4) is 0 Å². The van der Waals surface area contributed by atoms with Crippen LogP contribution >= 0.6 is 12.2 Å². The summed E-state index contributed by atoms with van der Waals surface area (Å²) < 4.78 is 17.7. The predicted molar refractivity (Wildman–Crippen MR) is 111 cm³/mol. The molecule has 29 heavy (non-hydrogen) atoms. The van der Waals surface area contributed by atoms with Crippen LogP contribution in [0.15, 0.2) is 41.5 Å². The highest BCUT2D eigenvalue weighted by Gasteiger charge is 2.16. The van der Waals surface area contributed by atoms with Gasteiger partial charge in [-0.15, -0.1) is 0 Å². The van der Waals surface area contributed by atoms with Gasteiger partial charge in [-0.25, -0.2) is 5.10 Å². The Morgan fingerprint density at radius 2 is 1.79 bits per heavy atom. The number of esters is 1. The number of hydrogen-bond acceptors (Lipinski definition) is 7. The molecule has 1 aromatic heterocycles. The molecule has 0 saturated heterocycles. The maximum absolute atomic E-state index is 11.4. The van der Waals surface area contributed by atoms with Crippen molar-refractivity contribution in [2.75, 3.05) is 14.2 Å². The van der Waals surface area contributed by atoms with Crippen LogP contribution < -0.4 is 14.2 Å². The molecular formula is C20H20N4O4S. The van der Waals surface area contributed by atoms with E-state index in [2.05, 4.69) is 15.3 Å². The number of aromatic amines is 1. The van der Waals surface area contributed by atoms with E-state index in [9.17, 15) is 4.79 Å². The van der Waals surface area contributed by atoms with E-state index in [-0.39, 0.29) is 5.75 Å². The van der Waals surface area contributed by atoms with Gasteiger partial charge in [0.2, 0.25) is 10.5 Å². The summed E-state index contributed by atoms with van der Waals surface area (Å²) in [4.78, 5) is 11.4. The fourth-order valence-corrected chi connectivity index (χ4v) is 2.81. The van der Waals surface area contributed by atoms with Crippen molar-refractivity contribution < 1.29 is 19.0 Å². The van der Waals surface area contributed by atoms with E-state index in [1.807, 2.05) is 31.2 Å². The third-order valence-electron chi connectivity index (χ3n) is 4.01. The number of benzene rings is 2. The number of hydrogen-bond donors (Lipinski definition) is 1. The monoisotopic (exact) mass is 412 g/mol. The van der Waals surface area contributed by atoms with E-state index in [0.29, 0.717) is 27.7 Å². The van der Waals surface area contributed by atoms with Crippen molar-refractivity contribution in [1.29, 1.82) is 0 Å². The Kier molecular flexibility index (Phi) is 6.08. The van der Waals surface area contributed by atoms with E-state index >= 15 is 0 Å². The molecular weight excluding hydrogens is 392 g/mol. The highest BCUT2D eigenvalue weighted by Crippen LogP contribution is 2.38. The average molecular weight is 412 g/mol. The molecule has 0 spiro atoms. The summed E-state index contributed by atoms with van der Waals surface area (Å²) >= 11 is 5.30. The molecule has 9 heteroatoms. The number of carbonyl (C=O) groups is 1. The quantitative estimate of drug-likeness (QED) is 0.287. The summed E-state index contributed by atoms with van der Waals surface area (Å²) in [6.07, 6.45) is 1.59.